The summed E-state index contributed by atoms with van der Waals surface area (Å²) in [7, 11) is 0. The van der Waals surface area contributed by atoms with Gasteiger partial charge in [-0.15, -0.1) is 0 Å². The zero-order valence-corrected chi connectivity index (χ0v) is 26.0. The van der Waals surface area contributed by atoms with Gasteiger partial charge < -0.3 is 20.1 Å². The van der Waals surface area contributed by atoms with E-state index in [0.29, 0.717) is 25.1 Å². The molecule has 1 heterocycles. The summed E-state index contributed by atoms with van der Waals surface area (Å²) in [6.45, 7) is 13.9. The number of nitrogens with one attached hydrogen (secondary N) is 1. The van der Waals surface area contributed by atoms with Crippen molar-refractivity contribution in [3.63, 3.8) is 0 Å². The number of nitrogens with zero attached hydrogens (tertiary/aromatic N) is 1. The SMILES string of the molecule is CC(C)(C)c1cc(CCC(=O)N(CC2CCCO2)C2(C(=O)NC3CCCC3)CCCCC2)cc(C(C)(C)C)c1O. The van der Waals surface area contributed by atoms with Crippen LogP contribution in [0.25, 0.3) is 0 Å². The highest BCUT2D eigenvalue weighted by molar-refractivity contribution is 5.92. The number of phenolic OH excluding ortho intramolecular Hbond substituents is 1. The van der Waals surface area contributed by atoms with E-state index in [4.69, 9.17) is 4.74 Å². The molecule has 40 heavy (non-hydrogen) atoms. The lowest BCUT2D eigenvalue weighted by Crippen LogP contribution is -2.64. The Bertz CT molecular complexity index is 998. The van der Waals surface area contributed by atoms with Crippen molar-refractivity contribution < 1.29 is 19.4 Å². The first-order chi connectivity index (χ1) is 18.8. The van der Waals surface area contributed by atoms with Crippen LogP contribution in [0.2, 0.25) is 0 Å². The predicted molar refractivity (Wildman–Crippen MR) is 161 cm³/mol. The lowest BCUT2D eigenvalue weighted by molar-refractivity contribution is -0.153. The summed E-state index contributed by atoms with van der Waals surface area (Å²) in [5, 5.41) is 14.5. The number of ether oxygens (including phenoxy) is 1. The van der Waals surface area contributed by atoms with Crippen molar-refractivity contribution in [1.29, 1.82) is 0 Å². The molecule has 2 N–H and O–H groups in total. The van der Waals surface area contributed by atoms with Gasteiger partial charge in [0.2, 0.25) is 11.8 Å². The molecule has 0 aromatic heterocycles. The number of benzene rings is 1. The van der Waals surface area contributed by atoms with E-state index in [1.54, 1.807) is 0 Å². The molecule has 1 aromatic rings. The van der Waals surface area contributed by atoms with Crippen LogP contribution in [-0.4, -0.2) is 52.7 Å². The Morgan fingerprint density at radius 1 is 0.925 bits per heavy atom. The van der Waals surface area contributed by atoms with Gasteiger partial charge in [-0.25, -0.2) is 0 Å². The molecular weight excluding hydrogens is 500 g/mol. The van der Waals surface area contributed by atoms with Crippen LogP contribution in [0.5, 0.6) is 5.75 Å². The van der Waals surface area contributed by atoms with Crippen LogP contribution in [0.4, 0.5) is 0 Å². The average molecular weight is 555 g/mol. The second-order valence-electron chi connectivity index (χ2n) is 14.7. The standard InChI is InChI=1S/C34H54N2O4/c1-32(2,3)27-21-24(22-28(30(27)38)33(4,5)6)16-17-29(37)36(23-26-15-12-20-40-26)34(18-10-7-11-19-34)31(39)35-25-13-8-9-14-25/h21-22,25-26,38H,7-20,23H2,1-6H3,(H,35,39). The lowest BCUT2D eigenvalue weighted by Gasteiger charge is -2.46. The fourth-order valence-corrected chi connectivity index (χ4v) is 7.02. The van der Waals surface area contributed by atoms with Gasteiger partial charge in [0.1, 0.15) is 11.3 Å². The molecule has 1 unspecified atom stereocenters. The largest absolute Gasteiger partial charge is 0.507 e. The molecule has 1 atom stereocenters. The van der Waals surface area contributed by atoms with Crippen molar-refractivity contribution in [2.45, 2.75) is 154 Å². The predicted octanol–water partition coefficient (Wildman–Crippen LogP) is 6.69. The molecule has 2 saturated carbocycles. The van der Waals surface area contributed by atoms with E-state index in [-0.39, 0.29) is 34.8 Å². The fraction of sp³-hybridized carbons (Fsp3) is 0.765. The van der Waals surface area contributed by atoms with Crippen LogP contribution in [-0.2, 0) is 31.6 Å². The van der Waals surface area contributed by atoms with Crippen molar-refractivity contribution >= 4 is 11.8 Å². The molecule has 1 aliphatic heterocycles. The molecule has 0 spiro atoms. The van der Waals surface area contributed by atoms with E-state index in [0.717, 1.165) is 93.9 Å². The molecule has 3 aliphatic rings. The highest BCUT2D eigenvalue weighted by atomic mass is 16.5. The molecule has 6 nitrogen and oxygen atoms in total. The van der Waals surface area contributed by atoms with Gasteiger partial charge in [0, 0.05) is 25.6 Å². The first kappa shape index (κ1) is 30.9. The summed E-state index contributed by atoms with van der Waals surface area (Å²) in [5.74, 6) is 0.460. The number of phenols is 1. The second kappa shape index (κ2) is 12.4. The minimum absolute atomic E-state index is 0.00399. The Morgan fingerprint density at radius 3 is 2.05 bits per heavy atom. The highest BCUT2D eigenvalue weighted by Crippen LogP contribution is 2.41. The van der Waals surface area contributed by atoms with Crippen LogP contribution in [0.1, 0.15) is 135 Å². The molecular formula is C34H54N2O4. The Balaban J connectivity index is 1.62. The summed E-state index contributed by atoms with van der Waals surface area (Å²) in [4.78, 5) is 30.2. The Hall–Kier alpha value is -2.08. The minimum atomic E-state index is -0.786. The fourth-order valence-electron chi connectivity index (χ4n) is 7.02. The molecule has 4 rings (SSSR count). The number of hydrogen-bond acceptors (Lipinski definition) is 4. The van der Waals surface area contributed by atoms with E-state index < -0.39 is 5.54 Å². The molecule has 3 fully saturated rings. The molecule has 2 aliphatic carbocycles. The van der Waals surface area contributed by atoms with Crippen LogP contribution < -0.4 is 5.32 Å². The monoisotopic (exact) mass is 554 g/mol. The van der Waals surface area contributed by atoms with Gasteiger partial charge in [-0.1, -0.05) is 85.8 Å². The lowest BCUT2D eigenvalue weighted by atomic mass is 9.77. The molecule has 2 amide bonds. The summed E-state index contributed by atoms with van der Waals surface area (Å²) >= 11 is 0. The van der Waals surface area contributed by atoms with Gasteiger partial charge in [0.25, 0.3) is 0 Å². The van der Waals surface area contributed by atoms with Crippen LogP contribution in [0.15, 0.2) is 12.1 Å². The number of aromatic hydroxyl groups is 1. The van der Waals surface area contributed by atoms with E-state index in [9.17, 15) is 14.7 Å². The quantitative estimate of drug-likeness (QED) is 0.375. The average Bonchev–Trinajstić information content (AvgIpc) is 3.60. The van der Waals surface area contributed by atoms with E-state index in [2.05, 4.69) is 59.0 Å². The van der Waals surface area contributed by atoms with Crippen molar-refractivity contribution in [3.05, 3.63) is 28.8 Å². The van der Waals surface area contributed by atoms with Crippen LogP contribution >= 0.6 is 0 Å². The number of amides is 2. The number of hydrogen-bond donors (Lipinski definition) is 2. The van der Waals surface area contributed by atoms with Gasteiger partial charge in [0.05, 0.1) is 6.10 Å². The Labute approximate surface area is 242 Å². The molecule has 224 valence electrons. The third-order valence-corrected chi connectivity index (χ3v) is 9.43. The first-order valence-electron chi connectivity index (χ1n) is 15.9. The minimum Gasteiger partial charge on any atom is -0.507 e. The Kier molecular flexibility index (Phi) is 9.59. The first-order valence-corrected chi connectivity index (χ1v) is 15.9. The second-order valence-corrected chi connectivity index (χ2v) is 14.7. The normalized spacial score (nSPS) is 21.9. The summed E-state index contributed by atoms with van der Waals surface area (Å²) < 4.78 is 6.01. The summed E-state index contributed by atoms with van der Waals surface area (Å²) in [6, 6.07) is 4.38. The van der Waals surface area contributed by atoms with Gasteiger partial charge in [-0.05, 0) is 72.5 Å². The molecule has 0 bridgehead atoms. The van der Waals surface area contributed by atoms with Crippen LogP contribution in [0, 0.1) is 0 Å². The van der Waals surface area contributed by atoms with Crippen LogP contribution in [0.3, 0.4) is 0 Å². The zero-order valence-electron chi connectivity index (χ0n) is 26.0. The molecule has 0 radical (unpaired) electrons. The van der Waals surface area contributed by atoms with E-state index in [1.807, 2.05) is 4.90 Å². The number of aryl methyl sites for hydroxylation is 1. The third-order valence-electron chi connectivity index (χ3n) is 9.43. The summed E-state index contributed by atoms with van der Waals surface area (Å²) in [6.07, 6.45) is 11.8. The van der Waals surface area contributed by atoms with E-state index >= 15 is 0 Å². The van der Waals surface area contributed by atoms with E-state index in [1.165, 1.54) is 0 Å². The molecule has 1 aromatic carbocycles. The zero-order chi connectivity index (χ0) is 29.1. The Morgan fingerprint density at radius 2 is 1.52 bits per heavy atom. The number of rotatable bonds is 8. The van der Waals surface area contributed by atoms with Crippen molar-refractivity contribution in [2.24, 2.45) is 0 Å². The summed E-state index contributed by atoms with van der Waals surface area (Å²) in [5.41, 5.74) is 1.66. The van der Waals surface area contributed by atoms with Gasteiger partial charge in [-0.3, -0.25) is 9.59 Å². The maximum atomic E-state index is 14.2. The maximum absolute atomic E-state index is 14.2. The van der Waals surface area contributed by atoms with Crippen molar-refractivity contribution in [3.8, 4) is 5.75 Å². The van der Waals surface area contributed by atoms with Crippen molar-refractivity contribution in [2.75, 3.05) is 13.2 Å². The number of carbonyl (C=O) groups excluding carboxylic acids is 2. The molecule has 6 heteroatoms. The number of carbonyl (C=O) groups is 2. The van der Waals surface area contributed by atoms with Crippen molar-refractivity contribution in [1.82, 2.24) is 10.2 Å². The third kappa shape index (κ3) is 7.03. The van der Waals surface area contributed by atoms with Gasteiger partial charge >= 0.3 is 0 Å². The topological polar surface area (TPSA) is 78.9 Å². The smallest absolute Gasteiger partial charge is 0.246 e. The highest BCUT2D eigenvalue weighted by Gasteiger charge is 2.48. The van der Waals surface area contributed by atoms with Gasteiger partial charge in [0.15, 0.2) is 0 Å². The van der Waals surface area contributed by atoms with Gasteiger partial charge in [-0.2, -0.15) is 0 Å². The maximum Gasteiger partial charge on any atom is 0.246 e. The molecule has 1 saturated heterocycles.